The minimum Gasteiger partial charge on any atom is -0.493 e. The number of hydrogen-bond donors (Lipinski definition) is 2. The second kappa shape index (κ2) is 11.3. The van der Waals surface area contributed by atoms with E-state index in [0.29, 0.717) is 54.4 Å². The van der Waals surface area contributed by atoms with Crippen LogP contribution in [0.15, 0.2) is 42.5 Å². The van der Waals surface area contributed by atoms with Gasteiger partial charge in [-0.15, -0.1) is 0 Å². The maximum atomic E-state index is 12.6. The first-order valence-electron chi connectivity index (χ1n) is 10.7. The van der Waals surface area contributed by atoms with E-state index in [4.69, 9.17) is 9.47 Å². The van der Waals surface area contributed by atoms with Crippen LogP contribution in [0.4, 0.5) is 11.4 Å². The average Bonchev–Trinajstić information content (AvgIpc) is 2.84. The van der Waals surface area contributed by atoms with E-state index in [-0.39, 0.29) is 24.3 Å². The zero-order valence-corrected chi connectivity index (χ0v) is 19.1. The van der Waals surface area contributed by atoms with E-state index in [1.807, 2.05) is 4.90 Å². The van der Waals surface area contributed by atoms with Gasteiger partial charge < -0.3 is 24.8 Å². The van der Waals surface area contributed by atoms with Gasteiger partial charge in [0.1, 0.15) is 0 Å². The van der Waals surface area contributed by atoms with Crippen LogP contribution in [0.25, 0.3) is 0 Å². The molecule has 0 aromatic heterocycles. The number of esters is 1. The third-order valence-corrected chi connectivity index (χ3v) is 5.57. The summed E-state index contributed by atoms with van der Waals surface area (Å²) in [6.07, 6.45) is 1.32. The van der Waals surface area contributed by atoms with Crippen LogP contribution in [-0.4, -0.2) is 63.6 Å². The SMILES string of the molecule is COC(=O)c1ccc(NC(=O)C2CCN(CC(=O)Nc3ccc(OC)c(OC)c3)CC2)cc1. The third kappa shape index (κ3) is 6.45. The maximum absolute atomic E-state index is 12.6. The van der Waals surface area contributed by atoms with E-state index in [2.05, 4.69) is 15.4 Å². The highest BCUT2D eigenvalue weighted by atomic mass is 16.5. The Kier molecular flexibility index (Phi) is 8.26. The molecule has 33 heavy (non-hydrogen) atoms. The summed E-state index contributed by atoms with van der Waals surface area (Å²) in [5, 5.41) is 5.76. The van der Waals surface area contributed by atoms with Crippen molar-refractivity contribution < 1.29 is 28.6 Å². The van der Waals surface area contributed by atoms with Gasteiger partial charge >= 0.3 is 5.97 Å². The normalized spacial score (nSPS) is 14.3. The van der Waals surface area contributed by atoms with Crippen LogP contribution in [0.5, 0.6) is 11.5 Å². The van der Waals surface area contributed by atoms with Crippen molar-refractivity contribution in [2.24, 2.45) is 5.92 Å². The maximum Gasteiger partial charge on any atom is 0.337 e. The zero-order valence-electron chi connectivity index (χ0n) is 19.1. The molecule has 0 aliphatic carbocycles. The lowest BCUT2D eigenvalue weighted by molar-refractivity contribution is -0.121. The summed E-state index contributed by atoms with van der Waals surface area (Å²) in [6.45, 7) is 1.55. The van der Waals surface area contributed by atoms with Gasteiger partial charge in [0.15, 0.2) is 11.5 Å². The van der Waals surface area contributed by atoms with E-state index in [0.717, 1.165) is 0 Å². The molecule has 2 amide bonds. The molecule has 0 spiro atoms. The van der Waals surface area contributed by atoms with Gasteiger partial charge in [0.05, 0.1) is 33.4 Å². The highest BCUT2D eigenvalue weighted by molar-refractivity contribution is 5.94. The van der Waals surface area contributed by atoms with Gasteiger partial charge in [-0.05, 0) is 62.3 Å². The van der Waals surface area contributed by atoms with Crippen LogP contribution < -0.4 is 20.1 Å². The van der Waals surface area contributed by atoms with Crippen LogP contribution in [0.2, 0.25) is 0 Å². The van der Waals surface area contributed by atoms with E-state index >= 15 is 0 Å². The van der Waals surface area contributed by atoms with Crippen molar-refractivity contribution in [3.05, 3.63) is 48.0 Å². The van der Waals surface area contributed by atoms with E-state index in [9.17, 15) is 14.4 Å². The number of carbonyl (C=O) groups is 3. The number of ether oxygens (including phenoxy) is 3. The first-order chi connectivity index (χ1) is 15.9. The van der Waals surface area contributed by atoms with Gasteiger partial charge in [-0.3, -0.25) is 14.5 Å². The lowest BCUT2D eigenvalue weighted by Gasteiger charge is -2.30. The minimum atomic E-state index is -0.421. The molecule has 176 valence electrons. The predicted octanol–water partition coefficient (Wildman–Crippen LogP) is 2.78. The van der Waals surface area contributed by atoms with Gasteiger partial charge in [0.2, 0.25) is 11.8 Å². The van der Waals surface area contributed by atoms with E-state index < -0.39 is 5.97 Å². The van der Waals surface area contributed by atoms with Crippen molar-refractivity contribution >= 4 is 29.2 Å². The fourth-order valence-electron chi connectivity index (χ4n) is 3.72. The lowest BCUT2D eigenvalue weighted by atomic mass is 9.95. The van der Waals surface area contributed by atoms with Gasteiger partial charge in [-0.2, -0.15) is 0 Å². The summed E-state index contributed by atoms with van der Waals surface area (Å²) in [6, 6.07) is 11.8. The quantitative estimate of drug-likeness (QED) is 0.590. The van der Waals surface area contributed by atoms with Gasteiger partial charge in [-0.25, -0.2) is 4.79 Å². The monoisotopic (exact) mass is 455 g/mol. The third-order valence-electron chi connectivity index (χ3n) is 5.57. The highest BCUT2D eigenvalue weighted by Gasteiger charge is 2.26. The molecule has 0 unspecified atom stereocenters. The molecule has 0 bridgehead atoms. The average molecular weight is 456 g/mol. The minimum absolute atomic E-state index is 0.0600. The number of likely N-dealkylation sites (tertiary alicyclic amines) is 1. The first kappa shape index (κ1) is 24.1. The molecule has 0 radical (unpaired) electrons. The number of piperidine rings is 1. The number of rotatable bonds is 8. The number of nitrogens with zero attached hydrogens (tertiary/aromatic N) is 1. The largest absolute Gasteiger partial charge is 0.493 e. The van der Waals surface area contributed by atoms with Crippen LogP contribution in [0.1, 0.15) is 23.2 Å². The second-order valence-corrected chi connectivity index (χ2v) is 7.73. The Morgan fingerprint density at radius 3 is 2.12 bits per heavy atom. The molecular weight excluding hydrogens is 426 g/mol. The zero-order chi connectivity index (χ0) is 23.8. The van der Waals surface area contributed by atoms with Gasteiger partial charge in [0, 0.05) is 23.4 Å². The molecule has 1 aliphatic rings. The molecule has 2 aromatic rings. The van der Waals surface area contributed by atoms with Crippen molar-refractivity contribution in [2.75, 3.05) is 51.6 Å². The van der Waals surface area contributed by atoms with Crippen LogP contribution in [0.3, 0.4) is 0 Å². The summed E-state index contributed by atoms with van der Waals surface area (Å²) in [4.78, 5) is 38.6. The Morgan fingerprint density at radius 1 is 0.879 bits per heavy atom. The molecular formula is C24H29N3O6. The highest BCUT2D eigenvalue weighted by Crippen LogP contribution is 2.29. The Balaban J connectivity index is 1.45. The summed E-state index contributed by atoms with van der Waals surface area (Å²) >= 11 is 0. The Labute approximate surface area is 193 Å². The van der Waals surface area contributed by atoms with E-state index in [1.54, 1.807) is 56.7 Å². The molecule has 2 N–H and O–H groups in total. The van der Waals surface area contributed by atoms with Gasteiger partial charge in [0.25, 0.3) is 0 Å². The molecule has 1 fully saturated rings. The Hall–Kier alpha value is -3.59. The van der Waals surface area contributed by atoms with E-state index in [1.165, 1.54) is 7.11 Å². The topological polar surface area (TPSA) is 106 Å². The Bertz CT molecular complexity index is 984. The molecule has 2 aromatic carbocycles. The number of benzene rings is 2. The van der Waals surface area contributed by atoms with Crippen molar-refractivity contribution in [1.82, 2.24) is 4.90 Å². The van der Waals surface area contributed by atoms with Gasteiger partial charge in [-0.1, -0.05) is 0 Å². The predicted molar refractivity (Wildman–Crippen MR) is 124 cm³/mol. The molecule has 1 heterocycles. The molecule has 3 rings (SSSR count). The molecule has 0 atom stereocenters. The second-order valence-electron chi connectivity index (χ2n) is 7.73. The number of anilines is 2. The molecule has 1 aliphatic heterocycles. The number of carbonyl (C=O) groups excluding carboxylic acids is 3. The number of methoxy groups -OCH3 is 3. The fourth-order valence-corrected chi connectivity index (χ4v) is 3.72. The van der Waals surface area contributed by atoms with Crippen molar-refractivity contribution in [2.45, 2.75) is 12.8 Å². The summed E-state index contributed by atoms with van der Waals surface area (Å²) in [5.41, 5.74) is 1.68. The van der Waals surface area contributed by atoms with Crippen LogP contribution >= 0.6 is 0 Å². The molecule has 9 nitrogen and oxygen atoms in total. The first-order valence-corrected chi connectivity index (χ1v) is 10.7. The van der Waals surface area contributed by atoms with Crippen LogP contribution in [0, 0.1) is 5.92 Å². The number of nitrogens with one attached hydrogen (secondary N) is 2. The molecule has 9 heteroatoms. The van der Waals surface area contributed by atoms with Crippen LogP contribution in [-0.2, 0) is 14.3 Å². The van der Waals surface area contributed by atoms with Crippen molar-refractivity contribution in [3.8, 4) is 11.5 Å². The molecule has 1 saturated heterocycles. The lowest BCUT2D eigenvalue weighted by Crippen LogP contribution is -2.41. The smallest absolute Gasteiger partial charge is 0.337 e. The Morgan fingerprint density at radius 2 is 1.52 bits per heavy atom. The van der Waals surface area contributed by atoms with Crippen molar-refractivity contribution in [3.63, 3.8) is 0 Å². The standard InChI is InChI=1S/C24H29N3O6/c1-31-20-9-8-19(14-21(20)32-2)25-22(28)15-27-12-10-16(11-13-27)23(29)26-18-6-4-17(5-7-18)24(30)33-3/h4-9,14,16H,10-13,15H2,1-3H3,(H,25,28)(H,26,29). The fraction of sp³-hybridized carbons (Fsp3) is 0.375. The summed E-state index contributed by atoms with van der Waals surface area (Å²) < 4.78 is 15.1. The summed E-state index contributed by atoms with van der Waals surface area (Å²) in [5.74, 6) is 0.397. The molecule has 0 saturated carbocycles. The van der Waals surface area contributed by atoms with Crippen molar-refractivity contribution in [1.29, 1.82) is 0 Å². The number of hydrogen-bond acceptors (Lipinski definition) is 7. The summed E-state index contributed by atoms with van der Waals surface area (Å²) in [7, 11) is 4.42. The number of amides is 2.